The van der Waals surface area contributed by atoms with E-state index in [9.17, 15) is 10.1 Å². The van der Waals surface area contributed by atoms with Gasteiger partial charge in [-0.1, -0.05) is 11.6 Å². The van der Waals surface area contributed by atoms with Gasteiger partial charge in [-0.05, 0) is 36.7 Å². The van der Waals surface area contributed by atoms with E-state index >= 15 is 0 Å². The SMILES string of the molecule is Cc1nc(Cl)nc(Nc2ccc(C#N)cc2Cl)c1[N+](=O)[O-]. The standard InChI is InChI=1S/C12H7Cl2N5O2/c1-6-10(19(20)21)11(18-12(14)16-6)17-9-3-2-7(5-15)4-8(9)13/h2-4H,1H3,(H,16,17,18). The molecule has 0 amide bonds. The van der Waals surface area contributed by atoms with Gasteiger partial charge in [0.2, 0.25) is 11.1 Å². The zero-order chi connectivity index (χ0) is 15.6. The number of aromatic nitrogens is 2. The molecule has 0 atom stereocenters. The number of aryl methyl sites for hydroxylation is 1. The summed E-state index contributed by atoms with van der Waals surface area (Å²) in [5.41, 5.74) is 0.581. The van der Waals surface area contributed by atoms with Crippen molar-refractivity contribution in [3.8, 4) is 6.07 Å². The molecule has 7 nitrogen and oxygen atoms in total. The van der Waals surface area contributed by atoms with Gasteiger partial charge >= 0.3 is 5.69 Å². The lowest BCUT2D eigenvalue weighted by atomic mass is 10.2. The number of benzene rings is 1. The quantitative estimate of drug-likeness (QED) is 0.525. The van der Waals surface area contributed by atoms with Crippen LogP contribution in [0, 0.1) is 28.4 Å². The first-order valence-corrected chi connectivity index (χ1v) is 6.33. The Morgan fingerprint density at radius 1 is 1.38 bits per heavy atom. The van der Waals surface area contributed by atoms with Crippen LogP contribution in [0.4, 0.5) is 17.2 Å². The highest BCUT2D eigenvalue weighted by molar-refractivity contribution is 6.33. The Labute approximate surface area is 129 Å². The third kappa shape index (κ3) is 3.18. The molecule has 0 unspecified atom stereocenters. The molecule has 1 N–H and O–H groups in total. The first-order chi connectivity index (χ1) is 9.92. The Morgan fingerprint density at radius 2 is 2.10 bits per heavy atom. The van der Waals surface area contributed by atoms with Crippen LogP contribution in [0.15, 0.2) is 18.2 Å². The van der Waals surface area contributed by atoms with Crippen LogP contribution in [-0.4, -0.2) is 14.9 Å². The Kier molecular flexibility index (Phi) is 4.21. The molecule has 0 bridgehead atoms. The number of nitrogens with one attached hydrogen (secondary N) is 1. The van der Waals surface area contributed by atoms with E-state index in [0.717, 1.165) is 0 Å². The first-order valence-electron chi connectivity index (χ1n) is 5.57. The molecule has 2 aromatic rings. The second-order valence-corrected chi connectivity index (χ2v) is 4.71. The summed E-state index contributed by atoms with van der Waals surface area (Å²) in [6.45, 7) is 1.46. The van der Waals surface area contributed by atoms with E-state index < -0.39 is 4.92 Å². The lowest BCUT2D eigenvalue weighted by Gasteiger charge is -2.09. The van der Waals surface area contributed by atoms with Crippen LogP contribution in [0.25, 0.3) is 0 Å². The highest BCUT2D eigenvalue weighted by Gasteiger charge is 2.22. The molecular formula is C12H7Cl2N5O2. The van der Waals surface area contributed by atoms with Crippen molar-refractivity contribution in [3.63, 3.8) is 0 Å². The van der Waals surface area contributed by atoms with Crippen molar-refractivity contribution in [1.29, 1.82) is 5.26 Å². The minimum atomic E-state index is -0.606. The molecule has 0 radical (unpaired) electrons. The van der Waals surface area contributed by atoms with Crippen molar-refractivity contribution in [1.82, 2.24) is 9.97 Å². The van der Waals surface area contributed by atoms with Crippen molar-refractivity contribution in [2.75, 3.05) is 5.32 Å². The lowest BCUT2D eigenvalue weighted by molar-refractivity contribution is -0.385. The minimum absolute atomic E-state index is 0.0656. The van der Waals surface area contributed by atoms with Crippen molar-refractivity contribution in [2.45, 2.75) is 6.92 Å². The number of rotatable bonds is 3. The summed E-state index contributed by atoms with van der Waals surface area (Å²) >= 11 is 11.7. The van der Waals surface area contributed by atoms with E-state index in [2.05, 4.69) is 15.3 Å². The van der Waals surface area contributed by atoms with E-state index in [1.807, 2.05) is 6.07 Å². The molecule has 0 saturated heterocycles. The van der Waals surface area contributed by atoms with Gasteiger partial charge in [0.1, 0.15) is 5.69 Å². The fourth-order valence-electron chi connectivity index (χ4n) is 1.65. The largest absolute Gasteiger partial charge is 0.333 e. The van der Waals surface area contributed by atoms with Gasteiger partial charge in [-0.15, -0.1) is 0 Å². The summed E-state index contributed by atoms with van der Waals surface area (Å²) in [5.74, 6) is -0.0656. The molecule has 9 heteroatoms. The van der Waals surface area contributed by atoms with Crippen molar-refractivity contribution in [2.24, 2.45) is 0 Å². The van der Waals surface area contributed by atoms with E-state index in [0.29, 0.717) is 11.3 Å². The zero-order valence-electron chi connectivity index (χ0n) is 10.6. The predicted molar refractivity (Wildman–Crippen MR) is 77.9 cm³/mol. The Balaban J connectivity index is 2.49. The summed E-state index contributed by atoms with van der Waals surface area (Å²) in [4.78, 5) is 18.0. The number of nitrogens with zero attached hydrogens (tertiary/aromatic N) is 4. The maximum Gasteiger partial charge on any atom is 0.332 e. The number of nitro groups is 1. The Hall–Kier alpha value is -2.43. The van der Waals surface area contributed by atoms with Crippen LogP contribution in [0.3, 0.4) is 0 Å². The van der Waals surface area contributed by atoms with Crippen LogP contribution < -0.4 is 5.32 Å². The van der Waals surface area contributed by atoms with E-state index in [-0.39, 0.29) is 27.5 Å². The predicted octanol–water partition coefficient (Wildman–Crippen LogP) is 3.62. The topological polar surface area (TPSA) is 105 Å². The molecule has 0 fully saturated rings. The maximum absolute atomic E-state index is 11.1. The average Bonchev–Trinajstić information content (AvgIpc) is 2.39. The molecule has 1 aromatic heterocycles. The molecule has 1 heterocycles. The second kappa shape index (κ2) is 5.91. The molecular weight excluding hydrogens is 317 g/mol. The summed E-state index contributed by atoms with van der Waals surface area (Å²) in [6.07, 6.45) is 0. The normalized spacial score (nSPS) is 10.0. The van der Waals surface area contributed by atoms with Gasteiger partial charge in [0, 0.05) is 0 Å². The van der Waals surface area contributed by atoms with E-state index in [1.165, 1.54) is 25.1 Å². The third-order valence-electron chi connectivity index (χ3n) is 2.56. The van der Waals surface area contributed by atoms with Gasteiger partial charge in [-0.2, -0.15) is 10.2 Å². The summed E-state index contributed by atoms with van der Waals surface area (Å²) < 4.78 is 0. The van der Waals surface area contributed by atoms with E-state index in [4.69, 9.17) is 28.5 Å². The Bertz CT molecular complexity index is 773. The Morgan fingerprint density at radius 3 is 2.67 bits per heavy atom. The van der Waals surface area contributed by atoms with Gasteiger partial charge < -0.3 is 5.32 Å². The van der Waals surface area contributed by atoms with Crippen molar-refractivity contribution >= 4 is 40.4 Å². The van der Waals surface area contributed by atoms with Gasteiger partial charge in [-0.25, -0.2) is 4.98 Å². The van der Waals surface area contributed by atoms with Crippen LogP contribution in [0.1, 0.15) is 11.3 Å². The van der Waals surface area contributed by atoms with Crippen LogP contribution >= 0.6 is 23.2 Å². The number of hydrogen-bond donors (Lipinski definition) is 1. The van der Waals surface area contributed by atoms with E-state index in [1.54, 1.807) is 0 Å². The molecule has 0 saturated carbocycles. The fourth-order valence-corrected chi connectivity index (χ4v) is 2.09. The van der Waals surface area contributed by atoms with Crippen molar-refractivity contribution in [3.05, 3.63) is 49.9 Å². The summed E-state index contributed by atoms with van der Waals surface area (Å²) in [5, 5.41) is 22.7. The number of anilines is 2. The maximum atomic E-state index is 11.1. The molecule has 21 heavy (non-hydrogen) atoms. The highest BCUT2D eigenvalue weighted by atomic mass is 35.5. The van der Waals surface area contributed by atoms with Gasteiger partial charge in [0.05, 0.1) is 27.3 Å². The van der Waals surface area contributed by atoms with Crippen LogP contribution in [0.5, 0.6) is 0 Å². The molecule has 106 valence electrons. The smallest absolute Gasteiger partial charge is 0.332 e. The molecule has 2 rings (SSSR count). The zero-order valence-corrected chi connectivity index (χ0v) is 12.1. The molecule has 0 aliphatic carbocycles. The number of halogens is 2. The highest BCUT2D eigenvalue weighted by Crippen LogP contribution is 2.32. The second-order valence-electron chi connectivity index (χ2n) is 3.96. The first kappa shape index (κ1) is 15.0. The monoisotopic (exact) mass is 323 g/mol. The number of hydrogen-bond acceptors (Lipinski definition) is 6. The average molecular weight is 324 g/mol. The lowest BCUT2D eigenvalue weighted by Crippen LogP contribution is -2.04. The summed E-state index contributed by atoms with van der Waals surface area (Å²) in [7, 11) is 0. The molecule has 0 aliphatic rings. The number of nitriles is 1. The van der Waals surface area contributed by atoms with Crippen LogP contribution in [-0.2, 0) is 0 Å². The van der Waals surface area contributed by atoms with Gasteiger partial charge in [0.25, 0.3) is 0 Å². The van der Waals surface area contributed by atoms with Gasteiger partial charge in [-0.3, -0.25) is 10.1 Å². The summed E-state index contributed by atoms with van der Waals surface area (Å²) in [6, 6.07) is 6.42. The van der Waals surface area contributed by atoms with Crippen LogP contribution in [0.2, 0.25) is 10.3 Å². The minimum Gasteiger partial charge on any atom is -0.333 e. The fraction of sp³-hybridized carbons (Fsp3) is 0.0833. The van der Waals surface area contributed by atoms with Gasteiger partial charge in [0.15, 0.2) is 0 Å². The third-order valence-corrected chi connectivity index (χ3v) is 3.05. The molecule has 1 aromatic carbocycles. The van der Waals surface area contributed by atoms with Crippen molar-refractivity contribution < 1.29 is 4.92 Å². The molecule has 0 aliphatic heterocycles. The molecule has 0 spiro atoms.